The number of nitrogen functional groups attached to an aromatic ring is 1. The number of aryl methyl sites for hydroxylation is 1. The van der Waals surface area contributed by atoms with Gasteiger partial charge in [-0.15, -0.1) is 0 Å². The third-order valence-electron chi connectivity index (χ3n) is 10.2. The largest absolute Gasteiger partial charge is 0.398 e. The van der Waals surface area contributed by atoms with E-state index in [9.17, 15) is 9.65 Å². The zero-order chi connectivity index (χ0) is 31.7. The summed E-state index contributed by atoms with van der Waals surface area (Å²) in [5, 5.41) is 17.5. The molecule has 1 aliphatic carbocycles. The fourth-order valence-corrected chi connectivity index (χ4v) is 7.79. The fraction of sp³-hybridized carbons (Fsp3) is 0.703. The Kier molecular flexibility index (Phi) is 12.4. The van der Waals surface area contributed by atoms with E-state index in [1.807, 2.05) is 6.07 Å². The third-order valence-corrected chi connectivity index (χ3v) is 10.2. The molecule has 44 heavy (non-hydrogen) atoms. The van der Waals surface area contributed by atoms with Crippen molar-refractivity contribution >= 4 is 11.5 Å². The smallest absolute Gasteiger partial charge is 0.133 e. The number of rotatable bonds is 16. The van der Waals surface area contributed by atoms with Gasteiger partial charge in [-0.2, -0.15) is 5.26 Å². The zero-order valence-electron chi connectivity index (χ0n) is 28.1. The lowest BCUT2D eigenvalue weighted by molar-refractivity contribution is 0.313. The number of nitrogens with zero attached hydrogens (tertiary/aromatic N) is 3. The van der Waals surface area contributed by atoms with Gasteiger partial charge in [0.05, 0.1) is 11.3 Å². The van der Waals surface area contributed by atoms with Gasteiger partial charge < -0.3 is 16.4 Å². The van der Waals surface area contributed by atoms with Gasteiger partial charge in [0.1, 0.15) is 23.9 Å². The first-order valence-electron chi connectivity index (χ1n) is 17.6. The predicted octanol–water partition coefficient (Wildman–Crippen LogP) is 8.68. The van der Waals surface area contributed by atoms with E-state index in [-0.39, 0.29) is 11.5 Å². The number of unbranched alkanes of at least 4 members (excludes halogenated alkanes) is 2. The molecule has 0 bridgehead atoms. The van der Waals surface area contributed by atoms with Gasteiger partial charge in [-0.3, -0.25) is 0 Å². The third kappa shape index (κ3) is 8.30. The van der Waals surface area contributed by atoms with Gasteiger partial charge in [0.25, 0.3) is 0 Å². The minimum absolute atomic E-state index is 0.0594. The van der Waals surface area contributed by atoms with Crippen molar-refractivity contribution in [2.24, 2.45) is 0 Å². The van der Waals surface area contributed by atoms with E-state index in [4.69, 9.17) is 15.7 Å². The molecule has 3 unspecified atom stereocenters. The molecule has 0 spiro atoms. The second-order valence-electron chi connectivity index (χ2n) is 13.7. The highest BCUT2D eigenvalue weighted by molar-refractivity contribution is 5.63. The first-order valence-corrected chi connectivity index (χ1v) is 17.6. The number of hydrogen-bond donors (Lipinski definition) is 3. The van der Waals surface area contributed by atoms with Gasteiger partial charge in [-0.1, -0.05) is 65.9 Å². The van der Waals surface area contributed by atoms with Crippen molar-refractivity contribution in [1.29, 1.82) is 5.26 Å². The lowest BCUT2D eigenvalue weighted by Crippen LogP contribution is -2.35. The lowest BCUT2D eigenvalue weighted by atomic mass is 9.75. The second kappa shape index (κ2) is 16.0. The molecule has 2 aromatic rings. The second-order valence-corrected chi connectivity index (χ2v) is 13.7. The molecule has 6 nitrogen and oxygen atoms in total. The van der Waals surface area contributed by atoms with E-state index in [0.29, 0.717) is 36.2 Å². The van der Waals surface area contributed by atoms with Gasteiger partial charge in [0, 0.05) is 35.8 Å². The molecule has 1 aromatic carbocycles. The van der Waals surface area contributed by atoms with Crippen LogP contribution in [0.3, 0.4) is 0 Å². The summed E-state index contributed by atoms with van der Waals surface area (Å²) in [5.74, 6) is 2.51. The van der Waals surface area contributed by atoms with Gasteiger partial charge >= 0.3 is 0 Å². The van der Waals surface area contributed by atoms with Crippen LogP contribution >= 0.6 is 0 Å². The van der Waals surface area contributed by atoms with Gasteiger partial charge in [0.2, 0.25) is 0 Å². The van der Waals surface area contributed by atoms with E-state index in [0.717, 1.165) is 113 Å². The van der Waals surface area contributed by atoms with Crippen molar-refractivity contribution in [3.63, 3.8) is 0 Å². The summed E-state index contributed by atoms with van der Waals surface area (Å²) in [4.78, 5) is 10.0. The normalized spacial score (nSPS) is 22.1. The molecule has 4 N–H and O–H groups in total. The van der Waals surface area contributed by atoms with Crippen LogP contribution in [-0.4, -0.2) is 34.3 Å². The average Bonchev–Trinajstić information content (AvgIpc) is 3.36. The van der Waals surface area contributed by atoms with E-state index in [2.05, 4.69) is 57.4 Å². The fourth-order valence-electron chi connectivity index (χ4n) is 7.79. The molecule has 4 rings (SSSR count). The monoisotopic (exact) mass is 604 g/mol. The Morgan fingerprint density at radius 2 is 1.89 bits per heavy atom. The topological polar surface area (TPSA) is 99.7 Å². The van der Waals surface area contributed by atoms with Crippen LogP contribution in [0.1, 0.15) is 157 Å². The molecule has 242 valence electrons. The van der Waals surface area contributed by atoms with Crippen molar-refractivity contribution in [3.05, 3.63) is 45.9 Å². The number of nitriles is 1. The summed E-state index contributed by atoms with van der Waals surface area (Å²) >= 11 is 0. The molecule has 1 aliphatic heterocycles. The van der Waals surface area contributed by atoms with Gasteiger partial charge in [0.15, 0.2) is 0 Å². The van der Waals surface area contributed by atoms with Crippen molar-refractivity contribution < 1.29 is 4.39 Å². The predicted molar refractivity (Wildman–Crippen MR) is 181 cm³/mol. The summed E-state index contributed by atoms with van der Waals surface area (Å²) in [6, 6.07) is 7.07. The Morgan fingerprint density at radius 1 is 1.11 bits per heavy atom. The molecular weight excluding hydrogens is 547 g/mol. The Bertz CT molecular complexity index is 1270. The first-order chi connectivity index (χ1) is 21.2. The summed E-state index contributed by atoms with van der Waals surface area (Å²) in [5.41, 5.74) is 12.5. The number of nitrogens with two attached hydrogens (primary N) is 1. The first kappa shape index (κ1) is 34.2. The Morgan fingerprint density at radius 3 is 2.52 bits per heavy atom. The SMILES string of the molecule is CCCC(CCC)Nc1nc(CC)nc2c1CCC(c1c([C@H](CC)CCCCCC3(C)CC(F)CN3)ccc(N)c1C#N)C2. The van der Waals surface area contributed by atoms with Crippen molar-refractivity contribution in [2.45, 2.75) is 161 Å². The van der Waals surface area contributed by atoms with Crippen LogP contribution in [0, 0.1) is 11.3 Å². The van der Waals surface area contributed by atoms with Crippen molar-refractivity contribution in [3.8, 4) is 6.07 Å². The average molecular weight is 605 g/mol. The maximum atomic E-state index is 13.8. The minimum Gasteiger partial charge on any atom is -0.398 e. The summed E-state index contributed by atoms with van der Waals surface area (Å²) < 4.78 is 13.8. The number of halogens is 1. The van der Waals surface area contributed by atoms with Crippen molar-refractivity contribution in [1.82, 2.24) is 15.3 Å². The van der Waals surface area contributed by atoms with Crippen LogP contribution in [0.25, 0.3) is 0 Å². The highest BCUT2D eigenvalue weighted by atomic mass is 19.1. The number of aromatic nitrogens is 2. The summed E-state index contributed by atoms with van der Waals surface area (Å²) in [6.07, 6.45) is 14.5. The molecule has 2 heterocycles. The Balaban J connectivity index is 1.54. The number of nitrogens with one attached hydrogen (secondary N) is 2. The molecule has 2 aliphatic rings. The summed E-state index contributed by atoms with van der Waals surface area (Å²) in [6.45, 7) is 11.5. The van der Waals surface area contributed by atoms with Crippen LogP contribution in [0.15, 0.2) is 12.1 Å². The van der Waals surface area contributed by atoms with Crippen LogP contribution in [0.2, 0.25) is 0 Å². The molecule has 0 saturated carbocycles. The van der Waals surface area contributed by atoms with Crippen LogP contribution in [0.4, 0.5) is 15.9 Å². The molecule has 1 aromatic heterocycles. The standard InChI is InChI=1S/C37H57FN6/c1-6-13-28(14-7-2)42-36-30-17-16-26(21-33(30)43-34(9-4)44-36)35-29(18-19-32(40)31(35)23-39)25(8-3)15-11-10-12-20-37(5)22-27(38)24-41-37/h18-19,25-28,41H,6-17,20-22,24,40H2,1-5H3,(H,42,43,44)/t25-,26?,27?,37?/m1/s1. The Hall–Kier alpha value is -2.72. The number of alkyl halides is 1. The number of hydrogen-bond acceptors (Lipinski definition) is 6. The van der Waals surface area contributed by atoms with Crippen LogP contribution in [-0.2, 0) is 19.3 Å². The zero-order valence-corrected chi connectivity index (χ0v) is 28.1. The summed E-state index contributed by atoms with van der Waals surface area (Å²) in [7, 11) is 0. The van der Waals surface area contributed by atoms with Gasteiger partial charge in [-0.25, -0.2) is 14.4 Å². The van der Waals surface area contributed by atoms with E-state index < -0.39 is 6.17 Å². The highest BCUT2D eigenvalue weighted by Gasteiger charge is 2.34. The quantitative estimate of drug-likeness (QED) is 0.131. The van der Waals surface area contributed by atoms with E-state index in [1.54, 1.807) is 0 Å². The molecule has 0 radical (unpaired) electrons. The molecule has 1 fully saturated rings. The molecular formula is C37H57FN6. The maximum Gasteiger partial charge on any atom is 0.133 e. The van der Waals surface area contributed by atoms with Crippen LogP contribution in [0.5, 0.6) is 0 Å². The minimum atomic E-state index is -0.712. The molecule has 7 heteroatoms. The number of anilines is 2. The lowest BCUT2D eigenvalue weighted by Gasteiger charge is -2.31. The van der Waals surface area contributed by atoms with Crippen molar-refractivity contribution in [2.75, 3.05) is 17.6 Å². The maximum absolute atomic E-state index is 13.8. The number of benzene rings is 1. The van der Waals surface area contributed by atoms with E-state index >= 15 is 0 Å². The molecule has 0 amide bonds. The van der Waals surface area contributed by atoms with Gasteiger partial charge in [-0.05, 0) is 93.7 Å². The Labute approximate surface area is 266 Å². The molecule has 1 saturated heterocycles. The van der Waals surface area contributed by atoms with E-state index in [1.165, 1.54) is 11.1 Å². The number of fused-ring (bicyclic) bond motifs is 1. The molecule has 4 atom stereocenters. The highest BCUT2D eigenvalue weighted by Crippen LogP contribution is 2.42. The van der Waals surface area contributed by atoms with Crippen LogP contribution < -0.4 is 16.4 Å².